The van der Waals surface area contributed by atoms with Gasteiger partial charge in [0.2, 0.25) is 0 Å². The van der Waals surface area contributed by atoms with Crippen molar-refractivity contribution in [3.8, 4) is 0 Å². The van der Waals surface area contributed by atoms with E-state index in [1.54, 1.807) is 6.08 Å². The van der Waals surface area contributed by atoms with E-state index in [0.29, 0.717) is 0 Å². The Morgan fingerprint density at radius 1 is 1.00 bits per heavy atom. The zero-order valence-corrected chi connectivity index (χ0v) is 13.7. The summed E-state index contributed by atoms with van der Waals surface area (Å²) < 4.78 is 2.32. The van der Waals surface area contributed by atoms with E-state index in [9.17, 15) is 0 Å². The molecule has 0 fully saturated rings. The van der Waals surface area contributed by atoms with Crippen LogP contribution in [-0.2, 0) is 0 Å². The maximum atomic E-state index is 4.05. The lowest BCUT2D eigenvalue weighted by Crippen LogP contribution is -2.01. The normalized spacial score (nSPS) is 13.0. The number of allylic oxidation sites excluding steroid dienone is 3. The first-order valence-corrected chi connectivity index (χ1v) is 7.87. The van der Waals surface area contributed by atoms with Crippen molar-refractivity contribution < 1.29 is 0 Å². The lowest BCUT2D eigenvalue weighted by Gasteiger charge is -1.98. The van der Waals surface area contributed by atoms with E-state index >= 15 is 0 Å². The number of fused-ring (bicyclic) bond motifs is 3. The van der Waals surface area contributed by atoms with E-state index in [1.165, 1.54) is 32.8 Å². The lowest BCUT2D eigenvalue weighted by molar-refractivity contribution is 1.26. The van der Waals surface area contributed by atoms with E-state index in [1.807, 2.05) is 12.2 Å². The molecular weight excluding hydrogens is 278 g/mol. The summed E-state index contributed by atoms with van der Waals surface area (Å²) in [5, 5.41) is 2.51. The Morgan fingerprint density at radius 3 is 2.43 bits per heavy atom. The number of aromatic nitrogens is 1. The molecular formula is C22H21N. The van der Waals surface area contributed by atoms with Crippen molar-refractivity contribution >= 4 is 40.7 Å². The van der Waals surface area contributed by atoms with Crippen LogP contribution >= 0.6 is 0 Å². The second kappa shape index (κ2) is 6.13. The van der Waals surface area contributed by atoms with Gasteiger partial charge >= 0.3 is 0 Å². The Hall–Kier alpha value is -2.80. The van der Waals surface area contributed by atoms with E-state index in [4.69, 9.17) is 0 Å². The molecule has 2 aromatic heterocycles. The Kier molecular flexibility index (Phi) is 4.03. The molecule has 0 aliphatic heterocycles. The number of hydrogen-bond donors (Lipinski definition) is 0. The summed E-state index contributed by atoms with van der Waals surface area (Å²) in [6, 6.07) is 8.53. The molecule has 0 atom stereocenters. The average Bonchev–Trinajstić information content (AvgIpc) is 3.06. The van der Waals surface area contributed by atoms with Crippen molar-refractivity contribution in [3.63, 3.8) is 0 Å². The Morgan fingerprint density at radius 2 is 1.78 bits per heavy atom. The van der Waals surface area contributed by atoms with Crippen LogP contribution in [0.15, 0.2) is 55.7 Å². The lowest BCUT2D eigenvalue weighted by atomic mass is 10.1. The molecule has 0 unspecified atom stereocenters. The number of nitrogens with zero attached hydrogens (tertiary/aromatic N) is 1. The van der Waals surface area contributed by atoms with Gasteiger partial charge in [-0.3, -0.25) is 0 Å². The van der Waals surface area contributed by atoms with Crippen LogP contribution in [0.25, 0.3) is 40.7 Å². The largest absolute Gasteiger partial charge is 0.308 e. The minimum absolute atomic E-state index is 1.12. The van der Waals surface area contributed by atoms with Crippen molar-refractivity contribution in [1.82, 2.24) is 4.40 Å². The molecule has 0 saturated carbocycles. The summed E-state index contributed by atoms with van der Waals surface area (Å²) >= 11 is 0. The van der Waals surface area contributed by atoms with Crippen LogP contribution < -0.4 is 5.22 Å². The minimum Gasteiger partial charge on any atom is -0.308 e. The fraction of sp³-hybridized carbons (Fsp3) is 0.0909. The molecule has 0 aliphatic rings. The topological polar surface area (TPSA) is 4.41 Å². The van der Waals surface area contributed by atoms with Crippen molar-refractivity contribution in [2.45, 2.75) is 13.8 Å². The zero-order valence-electron chi connectivity index (χ0n) is 13.7. The molecule has 0 saturated heterocycles. The van der Waals surface area contributed by atoms with Crippen molar-refractivity contribution in [2.75, 3.05) is 0 Å². The molecule has 0 aliphatic carbocycles. The fourth-order valence-electron chi connectivity index (χ4n) is 3.33. The molecule has 1 nitrogen and oxygen atoms in total. The molecule has 0 N–H and O–H groups in total. The summed E-state index contributed by atoms with van der Waals surface area (Å²) in [6.07, 6.45) is 14.3. The fourth-order valence-corrected chi connectivity index (χ4v) is 3.33. The summed E-state index contributed by atoms with van der Waals surface area (Å²) in [5.74, 6) is 0. The van der Waals surface area contributed by atoms with Gasteiger partial charge in [0.25, 0.3) is 0 Å². The molecule has 0 spiro atoms. The van der Waals surface area contributed by atoms with E-state index in [0.717, 1.165) is 5.69 Å². The van der Waals surface area contributed by atoms with Gasteiger partial charge in [0.05, 0.1) is 16.7 Å². The highest BCUT2D eigenvalue weighted by atomic mass is 14.9. The van der Waals surface area contributed by atoms with Gasteiger partial charge in [-0.15, -0.1) is 0 Å². The van der Waals surface area contributed by atoms with Crippen LogP contribution in [0.4, 0.5) is 0 Å². The highest BCUT2D eigenvalue weighted by Gasteiger charge is 2.17. The smallest absolute Gasteiger partial charge is 0.0617 e. The van der Waals surface area contributed by atoms with Gasteiger partial charge in [0.1, 0.15) is 0 Å². The molecule has 114 valence electrons. The number of benzene rings is 1. The van der Waals surface area contributed by atoms with Gasteiger partial charge in [0, 0.05) is 21.7 Å². The maximum absolute atomic E-state index is 4.05. The van der Waals surface area contributed by atoms with Crippen molar-refractivity contribution in [2.24, 2.45) is 0 Å². The third-order valence-corrected chi connectivity index (χ3v) is 4.19. The van der Waals surface area contributed by atoms with Gasteiger partial charge < -0.3 is 4.40 Å². The average molecular weight is 299 g/mol. The Balaban J connectivity index is 2.65. The van der Waals surface area contributed by atoms with Crippen LogP contribution in [0, 0.1) is 0 Å². The first-order valence-electron chi connectivity index (χ1n) is 7.87. The minimum atomic E-state index is 1.12. The van der Waals surface area contributed by atoms with Crippen LogP contribution in [0.5, 0.6) is 0 Å². The molecule has 0 bridgehead atoms. The number of rotatable bonds is 4. The van der Waals surface area contributed by atoms with Crippen LogP contribution in [0.2, 0.25) is 0 Å². The highest BCUT2D eigenvalue weighted by molar-refractivity contribution is 6.01. The summed E-state index contributed by atoms with van der Waals surface area (Å²) in [5.41, 5.74) is 6.03. The SMILES string of the molecule is C=C/C=C\c1c(C=C)n2c(c(/C=C\C)c3ccccc32)/c1=C\C. The molecule has 0 radical (unpaired) electrons. The van der Waals surface area contributed by atoms with Gasteiger partial charge in [-0.25, -0.2) is 0 Å². The molecule has 2 heterocycles. The van der Waals surface area contributed by atoms with E-state index in [2.05, 4.69) is 80.0 Å². The maximum Gasteiger partial charge on any atom is 0.0617 e. The number of para-hydroxylation sites is 1. The van der Waals surface area contributed by atoms with E-state index < -0.39 is 0 Å². The predicted molar refractivity (Wildman–Crippen MR) is 104 cm³/mol. The summed E-state index contributed by atoms with van der Waals surface area (Å²) in [6.45, 7) is 12.0. The molecule has 3 aromatic rings. The predicted octanol–water partition coefficient (Wildman–Crippen LogP) is 5.49. The molecule has 23 heavy (non-hydrogen) atoms. The van der Waals surface area contributed by atoms with Crippen molar-refractivity contribution in [1.29, 1.82) is 0 Å². The van der Waals surface area contributed by atoms with Gasteiger partial charge in [-0.1, -0.05) is 67.8 Å². The standard InChI is InChI=1S/C22H21N/c1-5-9-13-17-16(7-3)22-19(12-6-2)18-14-10-11-15-21(18)23(22)20(17)8-4/h5-15H,1,4H2,2-3H3/b12-6-,13-9-,16-7-. The summed E-state index contributed by atoms with van der Waals surface area (Å²) in [7, 11) is 0. The Bertz CT molecular complexity index is 1010. The summed E-state index contributed by atoms with van der Waals surface area (Å²) in [4.78, 5) is 0. The first-order chi connectivity index (χ1) is 11.3. The Labute approximate surface area is 137 Å². The van der Waals surface area contributed by atoms with Gasteiger partial charge in [-0.2, -0.15) is 0 Å². The molecule has 0 amide bonds. The van der Waals surface area contributed by atoms with Gasteiger partial charge in [-0.05, 0) is 26.0 Å². The second-order valence-corrected chi connectivity index (χ2v) is 5.42. The quantitative estimate of drug-likeness (QED) is 0.561. The monoisotopic (exact) mass is 299 g/mol. The second-order valence-electron chi connectivity index (χ2n) is 5.42. The molecule has 1 aromatic carbocycles. The van der Waals surface area contributed by atoms with Crippen LogP contribution in [0.1, 0.15) is 30.7 Å². The highest BCUT2D eigenvalue weighted by Crippen LogP contribution is 2.30. The van der Waals surface area contributed by atoms with Crippen molar-refractivity contribution in [3.05, 3.63) is 77.7 Å². The first kappa shape index (κ1) is 15.1. The van der Waals surface area contributed by atoms with Crippen LogP contribution in [-0.4, -0.2) is 4.40 Å². The van der Waals surface area contributed by atoms with E-state index in [-0.39, 0.29) is 0 Å². The third kappa shape index (κ3) is 2.17. The third-order valence-electron chi connectivity index (χ3n) is 4.19. The van der Waals surface area contributed by atoms with Crippen LogP contribution in [0.3, 0.4) is 0 Å². The van der Waals surface area contributed by atoms with Gasteiger partial charge in [0.15, 0.2) is 0 Å². The zero-order chi connectivity index (χ0) is 16.4. The number of hydrogen-bond acceptors (Lipinski definition) is 0. The molecule has 1 heteroatoms. The molecule has 3 rings (SSSR count).